The van der Waals surface area contributed by atoms with Crippen LogP contribution in [-0.4, -0.2) is 24.0 Å². The van der Waals surface area contributed by atoms with Crippen molar-refractivity contribution in [3.05, 3.63) is 161 Å². The van der Waals surface area contributed by atoms with Crippen LogP contribution in [-0.2, 0) is 25.5 Å². The summed E-state index contributed by atoms with van der Waals surface area (Å²) < 4.78 is 29.8. The van der Waals surface area contributed by atoms with Gasteiger partial charge in [-0.15, -0.1) is 18.2 Å². The Morgan fingerprint density at radius 2 is 1.52 bits per heavy atom. The molecule has 0 spiro atoms. The van der Waals surface area contributed by atoms with Crippen LogP contribution in [0.25, 0.3) is 33.2 Å². The molecule has 0 bridgehead atoms. The summed E-state index contributed by atoms with van der Waals surface area (Å²) in [7, 11) is 0. The molecule has 0 aliphatic carbocycles. The second-order valence-electron chi connectivity index (χ2n) is 14.7. The molecule has 0 N–H and O–H groups in total. The Balaban J connectivity index is 0.000000199. The van der Waals surface area contributed by atoms with Gasteiger partial charge in [-0.2, -0.15) is 0 Å². The van der Waals surface area contributed by atoms with E-state index in [0.29, 0.717) is 5.56 Å². The van der Waals surface area contributed by atoms with Crippen molar-refractivity contribution in [2.24, 2.45) is 4.99 Å². The van der Waals surface area contributed by atoms with Gasteiger partial charge in [0.15, 0.2) is 0 Å². The molecule has 1 unspecified atom stereocenters. The topological polar surface area (TPSA) is 38.4 Å². The molecule has 50 heavy (non-hydrogen) atoms. The molecular weight excluding hydrogens is 849 g/mol. The first-order valence-corrected chi connectivity index (χ1v) is 24.1. The SMILES string of the molecule is CC(C)(C)c1ccccc1C1C(c2[c-]ccc3c2oc2ccccc23)=Nc2ccccc21.[2H]C([2H])([2H])c1c[c-]c(-c2cc[c]([Ge]([CH3])([CH3])[CH3])cn2)cc1.[Ir]. The van der Waals surface area contributed by atoms with E-state index in [1.807, 2.05) is 30.5 Å². The zero-order valence-corrected chi connectivity index (χ0v) is 33.8. The molecule has 1 radical (unpaired) electrons. The van der Waals surface area contributed by atoms with Crippen LogP contribution in [0.1, 0.15) is 58.6 Å². The minimum absolute atomic E-state index is 0. The number of aryl methyl sites for hydroxylation is 1. The molecule has 8 rings (SSSR count). The van der Waals surface area contributed by atoms with E-state index in [-0.39, 0.29) is 31.4 Å². The monoisotopic (exact) mass is 896 g/mol. The molecule has 253 valence electrons. The zero-order valence-electron chi connectivity index (χ0n) is 32.3. The third kappa shape index (κ3) is 7.07. The van der Waals surface area contributed by atoms with E-state index in [4.69, 9.17) is 13.5 Å². The summed E-state index contributed by atoms with van der Waals surface area (Å²) in [5.74, 6) is 7.02. The average molecular weight is 895 g/mol. The minimum atomic E-state index is -2.08. The maximum atomic E-state index is 7.35. The Hall–Kier alpha value is -4.09. The van der Waals surface area contributed by atoms with Gasteiger partial charge in [0.2, 0.25) is 0 Å². The van der Waals surface area contributed by atoms with Crippen LogP contribution in [0, 0.1) is 19.0 Å². The van der Waals surface area contributed by atoms with Crippen LogP contribution in [0.5, 0.6) is 0 Å². The van der Waals surface area contributed by atoms with E-state index in [2.05, 4.69) is 128 Å². The number of hydrogen-bond donors (Lipinski definition) is 0. The molecule has 1 aliphatic heterocycles. The van der Waals surface area contributed by atoms with Crippen molar-refractivity contribution >= 4 is 51.0 Å². The summed E-state index contributed by atoms with van der Waals surface area (Å²) in [6.07, 6.45) is 1.95. The Morgan fingerprint density at radius 3 is 2.22 bits per heavy atom. The van der Waals surface area contributed by atoms with Crippen LogP contribution in [0.15, 0.2) is 131 Å². The van der Waals surface area contributed by atoms with Gasteiger partial charge in [-0.05, 0) is 39.9 Å². The normalized spacial score (nSPS) is 15.2. The number of fused-ring (bicyclic) bond motifs is 4. The number of hydrogen-bond acceptors (Lipinski definition) is 3. The maximum absolute atomic E-state index is 7.35. The molecule has 0 fully saturated rings. The van der Waals surface area contributed by atoms with Gasteiger partial charge < -0.3 is 4.42 Å². The third-order valence-corrected chi connectivity index (χ3v) is 13.4. The van der Waals surface area contributed by atoms with Gasteiger partial charge in [0.1, 0.15) is 5.58 Å². The Bertz CT molecular complexity index is 2360. The molecule has 3 heterocycles. The van der Waals surface area contributed by atoms with Crippen molar-refractivity contribution in [2.45, 2.75) is 56.2 Å². The first-order chi connectivity index (χ1) is 24.7. The number of nitrogens with zero attached hydrogens (tertiary/aromatic N) is 2. The zero-order chi connectivity index (χ0) is 36.8. The average Bonchev–Trinajstić information content (AvgIpc) is 3.70. The summed E-state index contributed by atoms with van der Waals surface area (Å²) in [6, 6.07) is 45.1. The van der Waals surface area contributed by atoms with Crippen molar-refractivity contribution in [2.75, 3.05) is 0 Å². The fraction of sp³-hybridized carbons (Fsp3) is 0.200. The number of aromatic nitrogens is 1. The predicted octanol–water partition coefficient (Wildman–Crippen LogP) is 11.3. The van der Waals surface area contributed by atoms with Crippen LogP contribution in [0.3, 0.4) is 0 Å². The van der Waals surface area contributed by atoms with E-state index >= 15 is 0 Å². The molecular formula is C45H42GeIrN2O-2. The molecule has 1 atom stereocenters. The van der Waals surface area contributed by atoms with Gasteiger partial charge in [-0.25, -0.2) is 0 Å². The first-order valence-electron chi connectivity index (χ1n) is 18.3. The molecule has 5 aromatic carbocycles. The fourth-order valence-electron chi connectivity index (χ4n) is 6.58. The molecule has 0 saturated carbocycles. The summed E-state index contributed by atoms with van der Waals surface area (Å²) in [6.45, 7) is 4.74. The van der Waals surface area contributed by atoms with Crippen molar-refractivity contribution in [3.8, 4) is 11.3 Å². The predicted molar refractivity (Wildman–Crippen MR) is 208 cm³/mol. The second-order valence-corrected chi connectivity index (χ2v) is 25.3. The number of rotatable bonds is 4. The smallest absolute Gasteiger partial charge is 0 e. The standard InChI is InChI=1S/C30H24NO.C15H18GeN.Ir/c1-30(2,3)24-16-7-4-12-21(24)27-22-13-5-8-17-25(22)31-28(27)23-15-10-14-20-19-11-6-9-18-26(19)32-29(20)23;1-12-5-7-13(8-6-12)15-10-9-14(11-17-15)16(2,3)4;/h4-14,16-18,27H,1-3H3;5-7,9-11H,1-4H3;/q2*-1;/i;1D3;. The van der Waals surface area contributed by atoms with Crippen molar-refractivity contribution in [3.63, 3.8) is 0 Å². The van der Waals surface area contributed by atoms with Crippen LogP contribution in [0.4, 0.5) is 5.69 Å². The third-order valence-electron chi connectivity index (χ3n) is 9.15. The summed E-state index contributed by atoms with van der Waals surface area (Å²) in [4.78, 5) is 9.63. The van der Waals surface area contributed by atoms with Gasteiger partial charge in [-0.1, -0.05) is 92.4 Å². The largest absolute Gasteiger partial charge is 0 e. The Labute approximate surface area is 316 Å². The fourth-order valence-corrected chi connectivity index (χ4v) is 8.76. The van der Waals surface area contributed by atoms with Crippen molar-refractivity contribution < 1.29 is 28.6 Å². The minimum Gasteiger partial charge on any atom is 0 e. The van der Waals surface area contributed by atoms with Crippen LogP contribution < -0.4 is 4.40 Å². The number of aliphatic imine (C=N–C) groups is 1. The Kier molecular flexibility index (Phi) is 9.09. The molecule has 0 amide bonds. The number of furan rings is 1. The van der Waals surface area contributed by atoms with E-state index in [1.54, 1.807) is 12.1 Å². The molecule has 3 nitrogen and oxygen atoms in total. The van der Waals surface area contributed by atoms with Crippen LogP contribution >= 0.6 is 0 Å². The van der Waals surface area contributed by atoms with Gasteiger partial charge in [0.05, 0.1) is 11.3 Å². The number of pyridine rings is 1. The van der Waals surface area contributed by atoms with Crippen molar-refractivity contribution in [1.29, 1.82) is 0 Å². The molecule has 7 aromatic rings. The summed E-state index contributed by atoms with van der Waals surface area (Å²) in [5.41, 5.74) is 10.6. The van der Waals surface area contributed by atoms with Crippen LogP contribution in [0.2, 0.25) is 17.3 Å². The second kappa shape index (κ2) is 14.3. The van der Waals surface area contributed by atoms with Gasteiger partial charge in [0.25, 0.3) is 0 Å². The summed E-state index contributed by atoms with van der Waals surface area (Å²) in [5, 5.41) is 2.23. The van der Waals surface area contributed by atoms with Crippen molar-refractivity contribution in [1.82, 2.24) is 4.98 Å². The van der Waals surface area contributed by atoms with E-state index in [0.717, 1.165) is 50.2 Å². The quantitative estimate of drug-likeness (QED) is 0.130. The van der Waals surface area contributed by atoms with E-state index in [1.165, 1.54) is 27.2 Å². The number of para-hydroxylation sites is 2. The summed E-state index contributed by atoms with van der Waals surface area (Å²) >= 11 is -1.83. The molecule has 2 aromatic heterocycles. The van der Waals surface area contributed by atoms with Gasteiger partial charge >= 0.3 is 110 Å². The molecule has 1 aliphatic rings. The first kappa shape index (κ1) is 31.9. The van der Waals surface area contributed by atoms with E-state index in [9.17, 15) is 0 Å². The van der Waals surface area contributed by atoms with Gasteiger partial charge in [-0.3, -0.25) is 4.99 Å². The maximum Gasteiger partial charge on any atom is 0 e. The molecule has 5 heteroatoms. The van der Waals surface area contributed by atoms with Gasteiger partial charge in [0, 0.05) is 31.4 Å². The number of benzene rings is 5. The Morgan fingerprint density at radius 1 is 0.780 bits per heavy atom. The van der Waals surface area contributed by atoms with E-state index < -0.39 is 20.1 Å². The molecule has 0 saturated heterocycles.